The maximum absolute atomic E-state index is 12.0. The Morgan fingerprint density at radius 3 is 2.63 bits per heavy atom. The Hall–Kier alpha value is -1.35. The standard InChI is InChI=1S/C16H25NO2/c1-5-12(3)15(18)10-17-16(19)13(4)14-8-6-7-11(2)9-14/h6-9,12-13,15,18H,5,10H2,1-4H3,(H,17,19). The lowest BCUT2D eigenvalue weighted by Crippen LogP contribution is -2.37. The highest BCUT2D eigenvalue weighted by Gasteiger charge is 2.18. The highest BCUT2D eigenvalue weighted by molar-refractivity contribution is 5.83. The summed E-state index contributed by atoms with van der Waals surface area (Å²) in [7, 11) is 0. The summed E-state index contributed by atoms with van der Waals surface area (Å²) in [5, 5.41) is 12.7. The van der Waals surface area contributed by atoms with E-state index in [0.29, 0.717) is 6.54 Å². The number of amides is 1. The van der Waals surface area contributed by atoms with Gasteiger partial charge in [-0.25, -0.2) is 0 Å². The maximum atomic E-state index is 12.0. The summed E-state index contributed by atoms with van der Waals surface area (Å²) in [5.74, 6) is -0.0217. The highest BCUT2D eigenvalue weighted by atomic mass is 16.3. The molecular formula is C16H25NO2. The predicted octanol–water partition coefficient (Wildman–Crippen LogP) is 2.62. The Morgan fingerprint density at radius 2 is 2.05 bits per heavy atom. The molecule has 0 spiro atoms. The van der Waals surface area contributed by atoms with Gasteiger partial charge >= 0.3 is 0 Å². The number of hydrogen-bond acceptors (Lipinski definition) is 2. The zero-order valence-electron chi connectivity index (χ0n) is 12.3. The summed E-state index contributed by atoms with van der Waals surface area (Å²) in [6.07, 6.45) is 0.434. The minimum absolute atomic E-state index is 0.0343. The first kappa shape index (κ1) is 15.7. The number of hydrogen-bond donors (Lipinski definition) is 2. The molecule has 19 heavy (non-hydrogen) atoms. The molecule has 1 amide bonds. The van der Waals surface area contributed by atoms with E-state index in [2.05, 4.69) is 5.32 Å². The molecule has 0 aliphatic carbocycles. The SMILES string of the molecule is CCC(C)C(O)CNC(=O)C(C)c1cccc(C)c1. The fraction of sp³-hybridized carbons (Fsp3) is 0.562. The van der Waals surface area contributed by atoms with Gasteiger partial charge in [0.1, 0.15) is 0 Å². The Bertz CT molecular complexity index is 417. The molecule has 0 saturated carbocycles. The van der Waals surface area contributed by atoms with E-state index in [1.807, 2.05) is 52.0 Å². The molecular weight excluding hydrogens is 238 g/mol. The number of aliphatic hydroxyl groups excluding tert-OH is 1. The number of rotatable bonds is 6. The van der Waals surface area contributed by atoms with Gasteiger partial charge < -0.3 is 10.4 Å². The lowest BCUT2D eigenvalue weighted by molar-refractivity contribution is -0.122. The number of benzene rings is 1. The molecule has 1 aromatic carbocycles. The average Bonchev–Trinajstić information content (AvgIpc) is 2.42. The van der Waals surface area contributed by atoms with E-state index in [1.54, 1.807) is 0 Å². The van der Waals surface area contributed by atoms with Crippen molar-refractivity contribution in [3.05, 3.63) is 35.4 Å². The normalized spacial score (nSPS) is 15.6. The number of carbonyl (C=O) groups excluding carboxylic acids is 1. The van der Waals surface area contributed by atoms with Crippen LogP contribution in [-0.4, -0.2) is 23.7 Å². The summed E-state index contributed by atoms with van der Waals surface area (Å²) in [6.45, 7) is 8.25. The van der Waals surface area contributed by atoms with Crippen LogP contribution in [0.15, 0.2) is 24.3 Å². The maximum Gasteiger partial charge on any atom is 0.227 e. The molecule has 0 saturated heterocycles. The van der Waals surface area contributed by atoms with Gasteiger partial charge in [0, 0.05) is 6.54 Å². The largest absolute Gasteiger partial charge is 0.391 e. The van der Waals surface area contributed by atoms with Crippen molar-refractivity contribution in [3.63, 3.8) is 0 Å². The van der Waals surface area contributed by atoms with Gasteiger partial charge in [0.25, 0.3) is 0 Å². The van der Waals surface area contributed by atoms with Crippen molar-refractivity contribution in [2.75, 3.05) is 6.54 Å². The van der Waals surface area contributed by atoms with Crippen LogP contribution in [-0.2, 0) is 4.79 Å². The van der Waals surface area contributed by atoms with E-state index in [-0.39, 0.29) is 17.7 Å². The van der Waals surface area contributed by atoms with E-state index in [4.69, 9.17) is 0 Å². The van der Waals surface area contributed by atoms with Gasteiger partial charge in [-0.1, -0.05) is 50.1 Å². The molecule has 1 rings (SSSR count). The van der Waals surface area contributed by atoms with Crippen LogP contribution in [0.2, 0.25) is 0 Å². The van der Waals surface area contributed by atoms with Gasteiger partial charge in [0.05, 0.1) is 12.0 Å². The molecule has 3 heteroatoms. The summed E-state index contributed by atoms with van der Waals surface area (Å²) in [6, 6.07) is 7.96. The fourth-order valence-electron chi connectivity index (χ4n) is 1.92. The molecule has 0 radical (unpaired) electrons. The van der Waals surface area contributed by atoms with E-state index in [1.165, 1.54) is 0 Å². The molecule has 0 fully saturated rings. The first-order valence-electron chi connectivity index (χ1n) is 6.98. The molecule has 106 valence electrons. The molecule has 0 heterocycles. The summed E-state index contributed by atoms with van der Waals surface area (Å²) in [4.78, 5) is 12.0. The van der Waals surface area contributed by atoms with Crippen LogP contribution in [0, 0.1) is 12.8 Å². The van der Waals surface area contributed by atoms with Crippen molar-refractivity contribution in [2.24, 2.45) is 5.92 Å². The number of nitrogens with one attached hydrogen (secondary N) is 1. The van der Waals surface area contributed by atoms with Crippen molar-refractivity contribution in [1.29, 1.82) is 0 Å². The number of aliphatic hydroxyl groups is 1. The van der Waals surface area contributed by atoms with Crippen LogP contribution in [0.25, 0.3) is 0 Å². The second-order valence-corrected chi connectivity index (χ2v) is 5.33. The van der Waals surface area contributed by atoms with Crippen molar-refractivity contribution in [1.82, 2.24) is 5.32 Å². The van der Waals surface area contributed by atoms with Gasteiger partial charge in [-0.05, 0) is 25.3 Å². The third-order valence-corrected chi connectivity index (χ3v) is 3.72. The Kier molecular flexibility index (Phi) is 6.03. The van der Waals surface area contributed by atoms with Crippen LogP contribution < -0.4 is 5.32 Å². The smallest absolute Gasteiger partial charge is 0.227 e. The second kappa shape index (κ2) is 7.29. The predicted molar refractivity (Wildman–Crippen MR) is 78.1 cm³/mol. The average molecular weight is 263 g/mol. The quantitative estimate of drug-likeness (QED) is 0.829. The Balaban J connectivity index is 2.54. The van der Waals surface area contributed by atoms with E-state index in [9.17, 15) is 9.90 Å². The minimum Gasteiger partial charge on any atom is -0.391 e. The topological polar surface area (TPSA) is 49.3 Å². The first-order chi connectivity index (χ1) is 8.95. The molecule has 3 unspecified atom stereocenters. The number of aryl methyl sites for hydroxylation is 1. The minimum atomic E-state index is -0.473. The van der Waals surface area contributed by atoms with E-state index < -0.39 is 6.10 Å². The zero-order chi connectivity index (χ0) is 14.4. The van der Waals surface area contributed by atoms with Crippen LogP contribution in [0.5, 0.6) is 0 Å². The van der Waals surface area contributed by atoms with Crippen molar-refractivity contribution in [2.45, 2.75) is 46.1 Å². The summed E-state index contributed by atoms with van der Waals surface area (Å²) < 4.78 is 0. The fourth-order valence-corrected chi connectivity index (χ4v) is 1.92. The molecule has 0 aliphatic heterocycles. The van der Waals surface area contributed by atoms with Crippen molar-refractivity contribution >= 4 is 5.91 Å². The van der Waals surface area contributed by atoms with Crippen LogP contribution >= 0.6 is 0 Å². The van der Waals surface area contributed by atoms with Gasteiger partial charge in [0.15, 0.2) is 0 Å². The van der Waals surface area contributed by atoms with Crippen molar-refractivity contribution in [3.8, 4) is 0 Å². The number of carbonyl (C=O) groups is 1. The third kappa shape index (κ3) is 4.67. The summed E-state index contributed by atoms with van der Waals surface area (Å²) >= 11 is 0. The Morgan fingerprint density at radius 1 is 1.37 bits per heavy atom. The molecule has 0 bridgehead atoms. The molecule has 2 N–H and O–H groups in total. The summed E-state index contributed by atoms with van der Waals surface area (Å²) in [5.41, 5.74) is 2.16. The molecule has 0 aromatic heterocycles. The Labute approximate surface area is 116 Å². The molecule has 0 aliphatic rings. The van der Waals surface area contributed by atoms with Crippen LogP contribution in [0.4, 0.5) is 0 Å². The lowest BCUT2D eigenvalue weighted by atomic mass is 9.98. The molecule has 3 nitrogen and oxygen atoms in total. The van der Waals surface area contributed by atoms with Gasteiger partial charge in [0.2, 0.25) is 5.91 Å². The monoisotopic (exact) mass is 263 g/mol. The van der Waals surface area contributed by atoms with Gasteiger partial charge in [-0.2, -0.15) is 0 Å². The van der Waals surface area contributed by atoms with Gasteiger partial charge in [-0.3, -0.25) is 4.79 Å². The van der Waals surface area contributed by atoms with Crippen LogP contribution in [0.1, 0.15) is 44.2 Å². The second-order valence-electron chi connectivity index (χ2n) is 5.33. The zero-order valence-corrected chi connectivity index (χ0v) is 12.3. The lowest BCUT2D eigenvalue weighted by Gasteiger charge is -2.19. The highest BCUT2D eigenvalue weighted by Crippen LogP contribution is 2.16. The molecule has 3 atom stereocenters. The first-order valence-corrected chi connectivity index (χ1v) is 6.98. The van der Waals surface area contributed by atoms with Crippen molar-refractivity contribution < 1.29 is 9.90 Å². The van der Waals surface area contributed by atoms with Gasteiger partial charge in [-0.15, -0.1) is 0 Å². The van der Waals surface area contributed by atoms with Crippen LogP contribution in [0.3, 0.4) is 0 Å². The molecule has 1 aromatic rings. The van der Waals surface area contributed by atoms with E-state index >= 15 is 0 Å². The van der Waals surface area contributed by atoms with E-state index in [0.717, 1.165) is 17.5 Å². The third-order valence-electron chi connectivity index (χ3n) is 3.72.